The first kappa shape index (κ1) is 20.1. The van der Waals surface area contributed by atoms with Gasteiger partial charge in [-0.15, -0.1) is 24.0 Å². The number of nitrogens with one attached hydrogen (secondary N) is 2. The van der Waals surface area contributed by atoms with Gasteiger partial charge in [-0.2, -0.15) is 5.10 Å². The molecule has 146 valence electrons. The number of benzene rings is 1. The van der Waals surface area contributed by atoms with Gasteiger partial charge in [-0.3, -0.25) is 4.99 Å². The highest BCUT2D eigenvalue weighted by Gasteiger charge is 2.41. The average molecular weight is 481 g/mol. The molecule has 0 radical (unpaired) electrons. The molecule has 27 heavy (non-hydrogen) atoms. The lowest BCUT2D eigenvalue weighted by molar-refractivity contribution is 0.0992. The van der Waals surface area contributed by atoms with Gasteiger partial charge in [-0.05, 0) is 45.2 Å². The standard InChI is InChI=1S/C20H27N5O.HI/c1-13-17(14(2)25(24-13)15-7-5-4-6-8-15)12-22-20(21-3)23-18-11-16-9-10-19(18)26-16;/h4-8,16,18-19H,9-12H2,1-3H3,(H2,21,22,23);1H. The van der Waals surface area contributed by atoms with Crippen LogP contribution in [0.25, 0.3) is 5.69 Å². The number of rotatable bonds is 4. The van der Waals surface area contributed by atoms with Crippen molar-refractivity contribution in [2.24, 2.45) is 4.99 Å². The molecule has 0 spiro atoms. The minimum atomic E-state index is 0. The molecule has 4 rings (SSSR count). The Labute approximate surface area is 177 Å². The number of nitrogens with zero attached hydrogens (tertiary/aromatic N) is 3. The first-order chi connectivity index (χ1) is 12.7. The number of aromatic nitrogens is 2. The second kappa shape index (κ2) is 8.60. The third-order valence-electron chi connectivity index (χ3n) is 5.53. The van der Waals surface area contributed by atoms with Crippen LogP contribution < -0.4 is 10.6 Å². The van der Waals surface area contributed by atoms with Gasteiger partial charge in [-0.25, -0.2) is 4.68 Å². The third-order valence-corrected chi connectivity index (χ3v) is 5.53. The Balaban J connectivity index is 0.00000210. The highest BCUT2D eigenvalue weighted by molar-refractivity contribution is 14.0. The van der Waals surface area contributed by atoms with Gasteiger partial charge in [-0.1, -0.05) is 18.2 Å². The number of aliphatic imine (C=N–C) groups is 1. The molecule has 2 bridgehead atoms. The Hall–Kier alpha value is -1.61. The molecule has 6 nitrogen and oxygen atoms in total. The average Bonchev–Trinajstić information content (AvgIpc) is 3.35. The van der Waals surface area contributed by atoms with Crippen LogP contribution in [0.4, 0.5) is 0 Å². The van der Waals surface area contributed by atoms with Crippen molar-refractivity contribution in [3.05, 3.63) is 47.3 Å². The van der Waals surface area contributed by atoms with Crippen LogP contribution in [0.2, 0.25) is 0 Å². The van der Waals surface area contributed by atoms with Crippen LogP contribution >= 0.6 is 24.0 Å². The number of hydrogen-bond donors (Lipinski definition) is 2. The summed E-state index contributed by atoms with van der Waals surface area (Å²) >= 11 is 0. The maximum absolute atomic E-state index is 5.92. The molecule has 7 heteroatoms. The van der Waals surface area contributed by atoms with Crippen molar-refractivity contribution in [1.82, 2.24) is 20.4 Å². The second-order valence-electron chi connectivity index (χ2n) is 7.18. The molecular weight excluding hydrogens is 453 g/mol. The molecule has 3 unspecified atom stereocenters. The molecule has 2 fully saturated rings. The van der Waals surface area contributed by atoms with Crippen molar-refractivity contribution >= 4 is 29.9 Å². The van der Waals surface area contributed by atoms with Crippen LogP contribution in [0.1, 0.15) is 36.2 Å². The maximum Gasteiger partial charge on any atom is 0.191 e. The van der Waals surface area contributed by atoms with Crippen LogP contribution in [0.5, 0.6) is 0 Å². The SMILES string of the molecule is CN=C(NCc1c(C)nn(-c2ccccc2)c1C)NC1CC2CCC1O2.I. The van der Waals surface area contributed by atoms with Crippen molar-refractivity contribution in [1.29, 1.82) is 0 Å². The van der Waals surface area contributed by atoms with Crippen LogP contribution in [-0.4, -0.2) is 41.0 Å². The smallest absolute Gasteiger partial charge is 0.191 e. The summed E-state index contributed by atoms with van der Waals surface area (Å²) in [4.78, 5) is 4.39. The molecule has 2 N–H and O–H groups in total. The normalized spacial score (nSPS) is 24.0. The summed E-state index contributed by atoms with van der Waals surface area (Å²) in [6.07, 6.45) is 4.20. The predicted octanol–water partition coefficient (Wildman–Crippen LogP) is 3.09. The van der Waals surface area contributed by atoms with Gasteiger partial charge in [0.1, 0.15) is 0 Å². The van der Waals surface area contributed by atoms with E-state index in [4.69, 9.17) is 9.84 Å². The molecule has 1 aromatic carbocycles. The fourth-order valence-corrected chi connectivity index (χ4v) is 4.08. The fraction of sp³-hybridized carbons (Fsp3) is 0.500. The molecular formula is C20H28IN5O. The first-order valence-corrected chi connectivity index (χ1v) is 9.39. The lowest BCUT2D eigenvalue weighted by Gasteiger charge is -2.22. The number of para-hydroxylation sites is 1. The summed E-state index contributed by atoms with van der Waals surface area (Å²) in [7, 11) is 1.82. The molecule has 0 aliphatic carbocycles. The van der Waals surface area contributed by atoms with Crippen LogP contribution in [-0.2, 0) is 11.3 Å². The van der Waals surface area contributed by atoms with Crippen molar-refractivity contribution in [2.75, 3.05) is 7.05 Å². The quantitative estimate of drug-likeness (QED) is 0.401. The number of aryl methyl sites for hydroxylation is 1. The molecule has 1 aromatic heterocycles. The molecule has 2 saturated heterocycles. The molecule has 3 heterocycles. The number of ether oxygens (including phenoxy) is 1. The number of fused-ring (bicyclic) bond motifs is 2. The Kier molecular flexibility index (Phi) is 6.41. The van der Waals surface area contributed by atoms with Gasteiger partial charge in [0, 0.05) is 24.8 Å². The van der Waals surface area contributed by atoms with E-state index in [9.17, 15) is 0 Å². The zero-order valence-electron chi connectivity index (χ0n) is 16.1. The van der Waals surface area contributed by atoms with E-state index in [-0.39, 0.29) is 24.0 Å². The summed E-state index contributed by atoms with van der Waals surface area (Å²) in [5, 5.41) is 11.7. The monoisotopic (exact) mass is 481 g/mol. The third kappa shape index (κ3) is 4.13. The van der Waals surface area contributed by atoms with E-state index in [2.05, 4.69) is 41.6 Å². The van der Waals surface area contributed by atoms with Crippen molar-refractivity contribution in [3.8, 4) is 5.69 Å². The summed E-state index contributed by atoms with van der Waals surface area (Å²) < 4.78 is 7.93. The largest absolute Gasteiger partial charge is 0.373 e. The molecule has 2 aliphatic heterocycles. The van der Waals surface area contributed by atoms with E-state index in [0.717, 1.165) is 35.9 Å². The minimum Gasteiger partial charge on any atom is -0.373 e. The predicted molar refractivity (Wildman–Crippen MR) is 118 cm³/mol. The van der Waals surface area contributed by atoms with E-state index >= 15 is 0 Å². The number of hydrogen-bond acceptors (Lipinski definition) is 3. The van der Waals surface area contributed by atoms with Gasteiger partial charge in [0.25, 0.3) is 0 Å². The number of halogens is 1. The summed E-state index contributed by atoms with van der Waals surface area (Å²) in [5.74, 6) is 0.831. The Morgan fingerprint density at radius 3 is 2.67 bits per heavy atom. The highest BCUT2D eigenvalue weighted by atomic mass is 127. The molecule has 2 aromatic rings. The lowest BCUT2D eigenvalue weighted by atomic mass is 9.96. The highest BCUT2D eigenvalue weighted by Crippen LogP contribution is 2.34. The number of guanidine groups is 1. The van der Waals surface area contributed by atoms with Gasteiger partial charge < -0.3 is 15.4 Å². The van der Waals surface area contributed by atoms with Crippen LogP contribution in [0.15, 0.2) is 35.3 Å². The maximum atomic E-state index is 5.92. The molecule has 3 atom stereocenters. The van der Waals surface area contributed by atoms with E-state index < -0.39 is 0 Å². The zero-order chi connectivity index (χ0) is 18.1. The zero-order valence-corrected chi connectivity index (χ0v) is 18.4. The van der Waals surface area contributed by atoms with E-state index in [0.29, 0.717) is 24.8 Å². The Morgan fingerprint density at radius 2 is 2.04 bits per heavy atom. The van der Waals surface area contributed by atoms with E-state index in [1.807, 2.05) is 29.9 Å². The second-order valence-corrected chi connectivity index (χ2v) is 7.18. The van der Waals surface area contributed by atoms with Crippen molar-refractivity contribution in [3.63, 3.8) is 0 Å². The fourth-order valence-electron chi connectivity index (χ4n) is 4.08. The van der Waals surface area contributed by atoms with Crippen molar-refractivity contribution < 1.29 is 4.74 Å². The van der Waals surface area contributed by atoms with E-state index in [1.54, 1.807) is 0 Å². The van der Waals surface area contributed by atoms with Gasteiger partial charge >= 0.3 is 0 Å². The summed E-state index contributed by atoms with van der Waals surface area (Å²) in [5.41, 5.74) is 4.49. The van der Waals surface area contributed by atoms with E-state index in [1.165, 1.54) is 12.0 Å². The summed E-state index contributed by atoms with van der Waals surface area (Å²) in [6, 6.07) is 10.6. The first-order valence-electron chi connectivity index (χ1n) is 9.39. The lowest BCUT2D eigenvalue weighted by Crippen LogP contribution is -2.47. The Morgan fingerprint density at radius 1 is 1.26 bits per heavy atom. The van der Waals surface area contributed by atoms with Crippen LogP contribution in [0.3, 0.4) is 0 Å². The minimum absolute atomic E-state index is 0. The Bertz CT molecular complexity index is 804. The molecule has 0 saturated carbocycles. The van der Waals surface area contributed by atoms with Gasteiger partial charge in [0.15, 0.2) is 5.96 Å². The van der Waals surface area contributed by atoms with Gasteiger partial charge in [0.2, 0.25) is 0 Å². The van der Waals surface area contributed by atoms with Gasteiger partial charge in [0.05, 0.1) is 29.6 Å². The summed E-state index contributed by atoms with van der Waals surface area (Å²) in [6.45, 7) is 4.87. The van der Waals surface area contributed by atoms with Crippen LogP contribution in [0, 0.1) is 13.8 Å². The molecule has 0 amide bonds. The van der Waals surface area contributed by atoms with Crippen molar-refractivity contribution in [2.45, 2.75) is 57.9 Å². The molecule has 2 aliphatic rings. The topological polar surface area (TPSA) is 63.5 Å².